The molecule has 3 nitrogen and oxygen atoms in total. The molecule has 1 aromatic carbocycles. The Morgan fingerprint density at radius 1 is 1.37 bits per heavy atom. The molecule has 106 valence electrons. The Morgan fingerprint density at radius 3 is 2.47 bits per heavy atom. The van der Waals surface area contributed by atoms with Gasteiger partial charge in [-0.15, -0.1) is 11.6 Å². The van der Waals surface area contributed by atoms with Gasteiger partial charge < -0.3 is 10.0 Å². The number of carbonyl (C=O) groups is 1. The van der Waals surface area contributed by atoms with E-state index in [-0.39, 0.29) is 5.88 Å². The molecular weight excluding hydrogens is 290 g/mol. The second kappa shape index (κ2) is 6.10. The van der Waals surface area contributed by atoms with E-state index in [0.29, 0.717) is 4.90 Å². The second-order valence-corrected chi connectivity index (χ2v) is 4.04. The van der Waals surface area contributed by atoms with Crippen LogP contribution in [0.1, 0.15) is 10.4 Å². The molecule has 1 rings (SSSR count). The van der Waals surface area contributed by atoms with Gasteiger partial charge in [-0.1, -0.05) is 6.07 Å². The molecule has 0 aliphatic heterocycles. The van der Waals surface area contributed by atoms with Crippen LogP contribution >= 0.6 is 11.6 Å². The van der Waals surface area contributed by atoms with Crippen LogP contribution in [0.2, 0.25) is 0 Å². The van der Waals surface area contributed by atoms with Gasteiger partial charge in [0.25, 0.3) is 5.91 Å². The number of alkyl halides is 4. The van der Waals surface area contributed by atoms with E-state index in [9.17, 15) is 27.5 Å². The second-order valence-electron chi connectivity index (χ2n) is 3.66. The van der Waals surface area contributed by atoms with Gasteiger partial charge in [-0.05, 0) is 12.1 Å². The molecule has 0 spiro atoms. The van der Waals surface area contributed by atoms with Crippen LogP contribution in [0, 0.1) is 5.82 Å². The standard InChI is InChI=1S/C11H10ClF4NO2/c12-4-5-17(6-11(14,15)16)10(19)9-7(13)2-1-3-8(9)18/h1-3,18H,4-6H2. The van der Waals surface area contributed by atoms with E-state index in [1.807, 2.05) is 0 Å². The maximum atomic E-state index is 13.4. The van der Waals surface area contributed by atoms with Gasteiger partial charge in [0, 0.05) is 12.4 Å². The maximum absolute atomic E-state index is 13.4. The zero-order valence-corrected chi connectivity index (χ0v) is 10.3. The molecule has 0 saturated carbocycles. The molecule has 0 fully saturated rings. The number of benzene rings is 1. The summed E-state index contributed by atoms with van der Waals surface area (Å²) in [5.74, 6) is -3.30. The fraction of sp³-hybridized carbons (Fsp3) is 0.364. The Balaban J connectivity index is 3.06. The van der Waals surface area contributed by atoms with Crippen LogP contribution in [-0.4, -0.2) is 41.1 Å². The van der Waals surface area contributed by atoms with E-state index in [0.717, 1.165) is 18.2 Å². The molecule has 0 bridgehead atoms. The van der Waals surface area contributed by atoms with Gasteiger partial charge in [-0.2, -0.15) is 13.2 Å². The summed E-state index contributed by atoms with van der Waals surface area (Å²) in [6.07, 6.45) is -4.64. The molecule has 1 N–H and O–H groups in total. The molecule has 8 heteroatoms. The van der Waals surface area contributed by atoms with E-state index >= 15 is 0 Å². The van der Waals surface area contributed by atoms with Crippen molar-refractivity contribution >= 4 is 17.5 Å². The number of phenolic OH excluding ortho intramolecular Hbond substituents is 1. The predicted octanol–water partition coefficient (Wildman–Crippen LogP) is 2.77. The predicted molar refractivity (Wildman–Crippen MR) is 60.7 cm³/mol. The lowest BCUT2D eigenvalue weighted by Gasteiger charge is -2.23. The smallest absolute Gasteiger partial charge is 0.406 e. The molecule has 0 atom stereocenters. The van der Waals surface area contributed by atoms with E-state index < -0.39 is 42.3 Å². The summed E-state index contributed by atoms with van der Waals surface area (Å²) in [7, 11) is 0. The van der Waals surface area contributed by atoms with Gasteiger partial charge in [0.15, 0.2) is 0 Å². The summed E-state index contributed by atoms with van der Waals surface area (Å²) in [5.41, 5.74) is -0.795. The highest BCUT2D eigenvalue weighted by Gasteiger charge is 2.34. The molecule has 0 radical (unpaired) electrons. The molecule has 0 aliphatic carbocycles. The third kappa shape index (κ3) is 4.27. The Hall–Kier alpha value is -1.50. The van der Waals surface area contributed by atoms with Gasteiger partial charge in [0.05, 0.1) is 0 Å². The number of hydrogen-bond donors (Lipinski definition) is 1. The first-order chi connectivity index (χ1) is 8.76. The van der Waals surface area contributed by atoms with E-state index in [4.69, 9.17) is 11.6 Å². The molecule has 0 unspecified atom stereocenters. The maximum Gasteiger partial charge on any atom is 0.406 e. The summed E-state index contributed by atoms with van der Waals surface area (Å²) in [6, 6.07) is 3.03. The third-order valence-electron chi connectivity index (χ3n) is 2.22. The number of rotatable bonds is 4. The average Bonchev–Trinajstić information content (AvgIpc) is 2.26. The van der Waals surface area contributed by atoms with E-state index in [2.05, 4.69) is 0 Å². The minimum absolute atomic E-state index is 0.239. The fourth-order valence-electron chi connectivity index (χ4n) is 1.45. The molecular formula is C11H10ClF4NO2. The van der Waals surface area contributed by atoms with Crippen LogP contribution in [-0.2, 0) is 0 Å². The Bertz CT molecular complexity index is 444. The number of nitrogens with zero attached hydrogens (tertiary/aromatic N) is 1. The molecule has 19 heavy (non-hydrogen) atoms. The van der Waals surface area contributed by atoms with Gasteiger partial charge in [0.2, 0.25) is 0 Å². The minimum Gasteiger partial charge on any atom is -0.507 e. The van der Waals surface area contributed by atoms with Crippen LogP contribution in [0.3, 0.4) is 0 Å². The van der Waals surface area contributed by atoms with Gasteiger partial charge in [-0.3, -0.25) is 4.79 Å². The zero-order valence-electron chi connectivity index (χ0n) is 9.55. The van der Waals surface area contributed by atoms with Crippen molar-refractivity contribution in [2.24, 2.45) is 0 Å². The average molecular weight is 300 g/mol. The van der Waals surface area contributed by atoms with Crippen LogP contribution in [0.15, 0.2) is 18.2 Å². The first-order valence-electron chi connectivity index (χ1n) is 5.15. The van der Waals surface area contributed by atoms with Crippen molar-refractivity contribution in [3.05, 3.63) is 29.6 Å². The summed E-state index contributed by atoms with van der Waals surface area (Å²) in [4.78, 5) is 12.2. The van der Waals surface area contributed by atoms with Crippen LogP contribution in [0.4, 0.5) is 17.6 Å². The van der Waals surface area contributed by atoms with E-state index in [1.54, 1.807) is 0 Å². The van der Waals surface area contributed by atoms with Crippen molar-refractivity contribution in [2.45, 2.75) is 6.18 Å². The van der Waals surface area contributed by atoms with Gasteiger partial charge >= 0.3 is 6.18 Å². The molecule has 1 aromatic rings. The highest BCUT2D eigenvalue weighted by atomic mass is 35.5. The highest BCUT2D eigenvalue weighted by molar-refractivity contribution is 6.18. The first-order valence-corrected chi connectivity index (χ1v) is 5.69. The Labute approximate surface area is 111 Å². The Morgan fingerprint density at radius 2 is 2.00 bits per heavy atom. The zero-order chi connectivity index (χ0) is 14.6. The normalized spacial score (nSPS) is 11.4. The largest absolute Gasteiger partial charge is 0.507 e. The van der Waals surface area contributed by atoms with Crippen molar-refractivity contribution < 1.29 is 27.5 Å². The summed E-state index contributed by atoms with van der Waals surface area (Å²) >= 11 is 5.32. The van der Waals surface area contributed by atoms with Crippen molar-refractivity contribution in [3.63, 3.8) is 0 Å². The van der Waals surface area contributed by atoms with E-state index in [1.165, 1.54) is 0 Å². The van der Waals surface area contributed by atoms with Crippen molar-refractivity contribution in [1.29, 1.82) is 0 Å². The number of amides is 1. The van der Waals surface area contributed by atoms with Crippen molar-refractivity contribution in [2.75, 3.05) is 19.0 Å². The SMILES string of the molecule is O=C(c1c(O)cccc1F)N(CCCl)CC(F)(F)F. The van der Waals surface area contributed by atoms with Gasteiger partial charge in [0.1, 0.15) is 23.7 Å². The lowest BCUT2D eigenvalue weighted by molar-refractivity contribution is -0.140. The highest BCUT2D eigenvalue weighted by Crippen LogP contribution is 2.24. The summed E-state index contributed by atoms with van der Waals surface area (Å²) in [6.45, 7) is -1.97. The van der Waals surface area contributed by atoms with Crippen LogP contribution in [0.25, 0.3) is 0 Å². The third-order valence-corrected chi connectivity index (χ3v) is 2.39. The van der Waals surface area contributed by atoms with Gasteiger partial charge in [-0.25, -0.2) is 4.39 Å². The molecule has 0 heterocycles. The number of phenols is 1. The lowest BCUT2D eigenvalue weighted by atomic mass is 10.1. The van der Waals surface area contributed by atoms with Crippen molar-refractivity contribution in [1.82, 2.24) is 4.90 Å². The number of halogens is 5. The molecule has 0 aromatic heterocycles. The quantitative estimate of drug-likeness (QED) is 0.686. The van der Waals surface area contributed by atoms with Crippen LogP contribution < -0.4 is 0 Å². The number of hydrogen-bond acceptors (Lipinski definition) is 2. The number of aromatic hydroxyl groups is 1. The summed E-state index contributed by atoms with van der Waals surface area (Å²) in [5, 5.41) is 9.38. The topological polar surface area (TPSA) is 40.5 Å². The fourth-order valence-corrected chi connectivity index (χ4v) is 1.66. The molecule has 0 aliphatic rings. The lowest BCUT2D eigenvalue weighted by Crippen LogP contribution is -2.40. The van der Waals surface area contributed by atoms with Crippen LogP contribution in [0.5, 0.6) is 5.75 Å². The number of carbonyl (C=O) groups excluding carboxylic acids is 1. The summed E-state index contributed by atoms with van der Waals surface area (Å²) < 4.78 is 50.4. The molecule has 1 amide bonds. The Kier molecular flexibility index (Phi) is 4.99. The molecule has 0 saturated heterocycles. The minimum atomic E-state index is -4.64. The first kappa shape index (κ1) is 15.6. The van der Waals surface area contributed by atoms with Crippen molar-refractivity contribution in [3.8, 4) is 5.75 Å². The monoisotopic (exact) mass is 299 g/mol.